The van der Waals surface area contributed by atoms with Gasteiger partial charge in [-0.15, -0.1) is 16.8 Å². The van der Waals surface area contributed by atoms with Gasteiger partial charge in [0.2, 0.25) is 0 Å². The monoisotopic (exact) mass is 449 g/mol. The van der Waals surface area contributed by atoms with E-state index in [9.17, 15) is 4.39 Å². The number of rotatable bonds is 9. The molecule has 0 saturated carbocycles. The van der Waals surface area contributed by atoms with E-state index < -0.39 is 5.82 Å². The van der Waals surface area contributed by atoms with Gasteiger partial charge in [-0.05, 0) is 49.7 Å². The Morgan fingerprint density at radius 1 is 1.09 bits per heavy atom. The molecule has 4 aromatic rings. The van der Waals surface area contributed by atoms with Gasteiger partial charge in [0.05, 0.1) is 11.4 Å². The van der Waals surface area contributed by atoms with Crippen LogP contribution in [0.25, 0.3) is 5.69 Å². The molecule has 0 fully saturated rings. The maximum atomic E-state index is 13.8. The van der Waals surface area contributed by atoms with Crippen LogP contribution in [0.1, 0.15) is 22.8 Å². The Labute approximate surface area is 190 Å². The molecule has 32 heavy (non-hydrogen) atoms. The van der Waals surface area contributed by atoms with E-state index in [1.54, 1.807) is 36.0 Å². The SMILES string of the molecule is C=CCn1c(COc2ccccc2F)nnc1SCc1ccc(-n2nc(C)cc2C)cc1. The summed E-state index contributed by atoms with van der Waals surface area (Å²) in [5, 5.41) is 13.8. The van der Waals surface area contributed by atoms with Gasteiger partial charge in [0.1, 0.15) is 6.61 Å². The first-order valence-electron chi connectivity index (χ1n) is 10.2. The number of thioether (sulfide) groups is 1. The lowest BCUT2D eigenvalue weighted by Gasteiger charge is -2.10. The molecule has 2 aromatic carbocycles. The lowest BCUT2D eigenvalue weighted by molar-refractivity contribution is 0.275. The molecular weight excluding hydrogens is 425 g/mol. The Morgan fingerprint density at radius 3 is 2.56 bits per heavy atom. The number of hydrogen-bond acceptors (Lipinski definition) is 5. The van der Waals surface area contributed by atoms with Crippen molar-refractivity contribution >= 4 is 11.8 Å². The van der Waals surface area contributed by atoms with Crippen LogP contribution < -0.4 is 4.74 Å². The highest BCUT2D eigenvalue weighted by molar-refractivity contribution is 7.98. The number of hydrogen-bond donors (Lipinski definition) is 0. The number of nitrogens with zero attached hydrogens (tertiary/aromatic N) is 5. The zero-order valence-electron chi connectivity index (χ0n) is 18.0. The Morgan fingerprint density at radius 2 is 1.88 bits per heavy atom. The van der Waals surface area contributed by atoms with Crippen LogP contribution in [0, 0.1) is 19.7 Å². The van der Waals surface area contributed by atoms with Crippen LogP contribution in [-0.2, 0) is 18.9 Å². The molecule has 0 spiro atoms. The largest absolute Gasteiger partial charge is 0.483 e. The predicted octanol–water partition coefficient (Wildman–Crippen LogP) is 5.28. The highest BCUT2D eigenvalue weighted by Crippen LogP contribution is 2.24. The van der Waals surface area contributed by atoms with Gasteiger partial charge in [0.15, 0.2) is 22.5 Å². The second-order valence-corrected chi connectivity index (χ2v) is 8.25. The van der Waals surface area contributed by atoms with Crippen LogP contribution in [0.5, 0.6) is 5.75 Å². The van der Waals surface area contributed by atoms with Crippen molar-refractivity contribution in [3.63, 3.8) is 0 Å². The fourth-order valence-electron chi connectivity index (χ4n) is 3.32. The van der Waals surface area contributed by atoms with E-state index in [1.165, 1.54) is 6.07 Å². The summed E-state index contributed by atoms with van der Waals surface area (Å²) in [6.07, 6.45) is 1.78. The van der Waals surface area contributed by atoms with Gasteiger partial charge in [-0.3, -0.25) is 4.57 Å². The van der Waals surface area contributed by atoms with Crippen LogP contribution in [0.15, 0.2) is 72.4 Å². The number of para-hydroxylation sites is 1. The summed E-state index contributed by atoms with van der Waals surface area (Å²) in [6, 6.07) is 16.7. The summed E-state index contributed by atoms with van der Waals surface area (Å²) in [6.45, 7) is 8.52. The maximum Gasteiger partial charge on any atom is 0.191 e. The lowest BCUT2D eigenvalue weighted by atomic mass is 10.2. The van der Waals surface area contributed by atoms with Crippen LogP contribution in [0.4, 0.5) is 4.39 Å². The van der Waals surface area contributed by atoms with Gasteiger partial charge in [-0.2, -0.15) is 5.10 Å². The van der Waals surface area contributed by atoms with E-state index >= 15 is 0 Å². The molecule has 2 aromatic heterocycles. The van der Waals surface area contributed by atoms with Gasteiger partial charge >= 0.3 is 0 Å². The second-order valence-electron chi connectivity index (χ2n) is 7.31. The molecule has 0 saturated heterocycles. The zero-order valence-corrected chi connectivity index (χ0v) is 18.8. The molecule has 0 aliphatic heterocycles. The Balaban J connectivity index is 1.43. The molecule has 0 bridgehead atoms. The third-order valence-corrected chi connectivity index (χ3v) is 5.89. The van der Waals surface area contributed by atoms with Crippen molar-refractivity contribution in [3.8, 4) is 11.4 Å². The van der Waals surface area contributed by atoms with Gasteiger partial charge in [0, 0.05) is 18.0 Å². The minimum absolute atomic E-state index is 0.125. The summed E-state index contributed by atoms with van der Waals surface area (Å²) in [5.74, 6) is 1.15. The van der Waals surface area contributed by atoms with E-state index in [4.69, 9.17) is 4.74 Å². The molecule has 0 atom stereocenters. The average molecular weight is 450 g/mol. The fraction of sp³-hybridized carbons (Fsp3) is 0.208. The highest BCUT2D eigenvalue weighted by atomic mass is 32.2. The molecule has 0 aliphatic rings. The van der Waals surface area contributed by atoms with Gasteiger partial charge in [-0.25, -0.2) is 9.07 Å². The molecule has 0 amide bonds. The number of aryl methyl sites for hydroxylation is 2. The van der Waals surface area contributed by atoms with Gasteiger partial charge in [-0.1, -0.05) is 42.1 Å². The molecule has 6 nitrogen and oxygen atoms in total. The molecule has 0 radical (unpaired) electrons. The molecule has 8 heteroatoms. The van der Waals surface area contributed by atoms with Crippen LogP contribution in [0.3, 0.4) is 0 Å². The third-order valence-electron chi connectivity index (χ3n) is 4.86. The summed E-state index contributed by atoms with van der Waals surface area (Å²) >= 11 is 1.58. The molecule has 0 aliphatic carbocycles. The number of benzene rings is 2. The molecule has 0 N–H and O–H groups in total. The normalized spacial score (nSPS) is 11.0. The Hall–Kier alpha value is -3.39. The van der Waals surface area contributed by atoms with E-state index in [1.807, 2.05) is 23.1 Å². The number of ether oxygens (including phenoxy) is 1. The Bertz CT molecular complexity index is 1220. The highest BCUT2D eigenvalue weighted by Gasteiger charge is 2.14. The number of allylic oxidation sites excluding steroid dienone is 1. The third kappa shape index (κ3) is 4.91. The summed E-state index contributed by atoms with van der Waals surface area (Å²) in [4.78, 5) is 0. The molecule has 4 rings (SSSR count). The molecular formula is C24H24FN5OS. The van der Waals surface area contributed by atoms with Crippen LogP contribution in [0.2, 0.25) is 0 Å². The zero-order chi connectivity index (χ0) is 22.5. The van der Waals surface area contributed by atoms with Crippen molar-refractivity contribution in [2.45, 2.75) is 37.9 Å². The molecule has 2 heterocycles. The van der Waals surface area contributed by atoms with Crippen molar-refractivity contribution in [2.75, 3.05) is 0 Å². The van der Waals surface area contributed by atoms with Crippen molar-refractivity contribution in [3.05, 3.63) is 95.8 Å². The molecule has 0 unspecified atom stereocenters. The van der Waals surface area contributed by atoms with Crippen LogP contribution >= 0.6 is 11.8 Å². The summed E-state index contributed by atoms with van der Waals surface area (Å²) in [5.41, 5.74) is 4.30. The first-order chi connectivity index (χ1) is 15.5. The van der Waals surface area contributed by atoms with E-state index in [-0.39, 0.29) is 12.4 Å². The van der Waals surface area contributed by atoms with E-state index in [0.29, 0.717) is 12.4 Å². The maximum absolute atomic E-state index is 13.8. The van der Waals surface area contributed by atoms with Gasteiger partial charge < -0.3 is 4.74 Å². The number of aromatic nitrogens is 5. The summed E-state index contributed by atoms with van der Waals surface area (Å²) in [7, 11) is 0. The molecule has 164 valence electrons. The standard InChI is InChI=1S/C24H24FN5OS/c1-4-13-29-23(15-31-22-8-6-5-7-21(22)25)26-27-24(29)32-16-19-9-11-20(12-10-19)30-18(3)14-17(2)28-30/h4-12,14H,1,13,15-16H2,2-3H3. The summed E-state index contributed by atoms with van der Waals surface area (Å²) < 4.78 is 23.3. The average Bonchev–Trinajstić information content (AvgIpc) is 3.34. The first kappa shape index (κ1) is 21.8. The first-order valence-corrected chi connectivity index (χ1v) is 11.2. The quantitative estimate of drug-likeness (QED) is 0.257. The minimum atomic E-state index is -0.402. The smallest absolute Gasteiger partial charge is 0.191 e. The van der Waals surface area contributed by atoms with Crippen LogP contribution in [-0.4, -0.2) is 24.5 Å². The second kappa shape index (κ2) is 9.82. The van der Waals surface area contributed by atoms with E-state index in [2.05, 4.69) is 52.2 Å². The minimum Gasteiger partial charge on any atom is -0.483 e. The van der Waals surface area contributed by atoms with Crippen molar-refractivity contribution in [2.24, 2.45) is 0 Å². The van der Waals surface area contributed by atoms with Crippen molar-refractivity contribution < 1.29 is 9.13 Å². The van der Waals surface area contributed by atoms with Crippen molar-refractivity contribution in [1.29, 1.82) is 0 Å². The topological polar surface area (TPSA) is 57.8 Å². The fourth-order valence-corrected chi connectivity index (χ4v) is 4.24. The van der Waals surface area contributed by atoms with Gasteiger partial charge in [0.25, 0.3) is 0 Å². The lowest BCUT2D eigenvalue weighted by Crippen LogP contribution is -2.08. The number of halogens is 1. The Kier molecular flexibility index (Phi) is 6.70. The predicted molar refractivity (Wildman–Crippen MR) is 124 cm³/mol. The van der Waals surface area contributed by atoms with E-state index in [0.717, 1.165) is 33.5 Å². The van der Waals surface area contributed by atoms with Crippen molar-refractivity contribution in [1.82, 2.24) is 24.5 Å².